The van der Waals surface area contributed by atoms with Crippen LogP contribution in [-0.4, -0.2) is 33.7 Å². The molecule has 1 aromatic heterocycles. The molecule has 2 atom stereocenters. The highest BCUT2D eigenvalue weighted by Gasteiger charge is 2.39. The van der Waals surface area contributed by atoms with E-state index in [2.05, 4.69) is 29.1 Å². The van der Waals surface area contributed by atoms with Crippen LogP contribution in [0.3, 0.4) is 0 Å². The van der Waals surface area contributed by atoms with Crippen LogP contribution >= 0.6 is 0 Å². The van der Waals surface area contributed by atoms with Crippen LogP contribution in [0.4, 0.5) is 0 Å². The number of aromatic nitrogens is 2. The van der Waals surface area contributed by atoms with Crippen LogP contribution in [0.1, 0.15) is 56.6 Å². The molecule has 1 saturated carbocycles. The van der Waals surface area contributed by atoms with Crippen LogP contribution in [0.25, 0.3) is 0 Å². The smallest absolute Gasteiger partial charge is 0.227 e. The normalized spacial score (nSPS) is 22.8. The minimum absolute atomic E-state index is 0.00577. The molecule has 0 bridgehead atoms. The highest BCUT2D eigenvalue weighted by atomic mass is 16.2. The van der Waals surface area contributed by atoms with Crippen molar-refractivity contribution in [1.29, 1.82) is 0 Å². The summed E-state index contributed by atoms with van der Waals surface area (Å²) in [5.41, 5.74) is 2.00. The van der Waals surface area contributed by atoms with Crippen molar-refractivity contribution in [1.82, 2.24) is 20.2 Å². The van der Waals surface area contributed by atoms with Gasteiger partial charge in [-0.1, -0.05) is 26.7 Å². The third-order valence-electron chi connectivity index (χ3n) is 5.27. The summed E-state index contributed by atoms with van der Waals surface area (Å²) in [6, 6.07) is 0. The molecule has 6 nitrogen and oxygen atoms in total. The van der Waals surface area contributed by atoms with Crippen molar-refractivity contribution in [3.8, 4) is 0 Å². The number of fused-ring (bicyclic) bond motifs is 1. The molecule has 1 aromatic rings. The van der Waals surface area contributed by atoms with Gasteiger partial charge in [-0.15, -0.1) is 0 Å². The first-order valence-electron chi connectivity index (χ1n) is 9.33. The maximum Gasteiger partial charge on any atom is 0.227 e. The Morgan fingerprint density at radius 3 is 2.64 bits per heavy atom. The Bertz CT molecular complexity index is 659. The van der Waals surface area contributed by atoms with Gasteiger partial charge in [-0.2, -0.15) is 0 Å². The molecule has 1 N–H and O–H groups in total. The fourth-order valence-corrected chi connectivity index (χ4v) is 3.97. The van der Waals surface area contributed by atoms with Gasteiger partial charge >= 0.3 is 0 Å². The average molecular weight is 344 g/mol. The van der Waals surface area contributed by atoms with Gasteiger partial charge in [0.2, 0.25) is 11.8 Å². The second kappa shape index (κ2) is 7.50. The zero-order valence-corrected chi connectivity index (χ0v) is 15.4. The summed E-state index contributed by atoms with van der Waals surface area (Å²) in [5, 5.41) is 2.72. The molecule has 3 rings (SSSR count). The average Bonchev–Trinajstić information content (AvgIpc) is 3.03. The van der Waals surface area contributed by atoms with Crippen LogP contribution in [0.5, 0.6) is 0 Å². The molecular formula is C19H28N4O2. The molecule has 2 aliphatic rings. The van der Waals surface area contributed by atoms with E-state index < -0.39 is 0 Å². The van der Waals surface area contributed by atoms with E-state index in [0.29, 0.717) is 19.0 Å². The predicted octanol–water partition coefficient (Wildman–Crippen LogP) is 2.07. The van der Waals surface area contributed by atoms with Crippen molar-refractivity contribution in [2.45, 2.75) is 59.0 Å². The molecule has 1 aliphatic heterocycles. The van der Waals surface area contributed by atoms with Gasteiger partial charge in [0.1, 0.15) is 5.82 Å². The summed E-state index contributed by atoms with van der Waals surface area (Å²) in [4.78, 5) is 36.2. The Labute approximate surface area is 149 Å². The first-order valence-corrected chi connectivity index (χ1v) is 9.33. The number of amides is 2. The van der Waals surface area contributed by atoms with Gasteiger partial charge in [-0.05, 0) is 18.8 Å². The lowest BCUT2D eigenvalue weighted by Gasteiger charge is -2.32. The molecule has 0 radical (unpaired) electrons. The van der Waals surface area contributed by atoms with Crippen molar-refractivity contribution in [3.63, 3.8) is 0 Å². The Hall–Kier alpha value is -1.98. The topological polar surface area (TPSA) is 75.2 Å². The molecule has 1 aliphatic carbocycles. The van der Waals surface area contributed by atoms with Gasteiger partial charge < -0.3 is 10.2 Å². The van der Waals surface area contributed by atoms with Gasteiger partial charge in [-0.25, -0.2) is 9.97 Å². The van der Waals surface area contributed by atoms with E-state index in [9.17, 15) is 9.59 Å². The first kappa shape index (κ1) is 17.8. The predicted molar refractivity (Wildman–Crippen MR) is 94.3 cm³/mol. The lowest BCUT2D eigenvalue weighted by Crippen LogP contribution is -2.43. The monoisotopic (exact) mass is 344 g/mol. The fraction of sp³-hybridized carbons (Fsp3) is 0.684. The van der Waals surface area contributed by atoms with Crippen molar-refractivity contribution < 1.29 is 9.59 Å². The molecule has 136 valence electrons. The number of nitrogens with zero attached hydrogens (tertiary/aromatic N) is 3. The van der Waals surface area contributed by atoms with Crippen molar-refractivity contribution in [2.75, 3.05) is 7.05 Å². The van der Waals surface area contributed by atoms with E-state index in [1.165, 1.54) is 0 Å². The minimum atomic E-state index is -0.203. The summed E-state index contributed by atoms with van der Waals surface area (Å²) in [5.74, 6) is 1.05. The zero-order valence-electron chi connectivity index (χ0n) is 15.4. The zero-order chi connectivity index (χ0) is 18.0. The van der Waals surface area contributed by atoms with E-state index >= 15 is 0 Å². The molecular weight excluding hydrogens is 316 g/mol. The van der Waals surface area contributed by atoms with Gasteiger partial charge in [0, 0.05) is 43.6 Å². The SMILES string of the molecule is CNC(=O)[C@@H]1CCCC[C@@H]1C(=O)N1Cc2cnc(CC(C)C)nc2C1. The summed E-state index contributed by atoms with van der Waals surface area (Å²) in [6.45, 7) is 5.40. The number of carbonyl (C=O) groups is 2. The molecule has 0 aromatic carbocycles. The number of hydrogen-bond donors (Lipinski definition) is 1. The molecule has 0 spiro atoms. The van der Waals surface area contributed by atoms with Gasteiger partial charge in [0.15, 0.2) is 0 Å². The third-order valence-corrected chi connectivity index (χ3v) is 5.27. The molecule has 0 unspecified atom stereocenters. The largest absolute Gasteiger partial charge is 0.359 e. The highest BCUT2D eigenvalue weighted by Crippen LogP contribution is 2.33. The van der Waals surface area contributed by atoms with Gasteiger partial charge in [-0.3, -0.25) is 9.59 Å². The van der Waals surface area contributed by atoms with Crippen LogP contribution in [0, 0.1) is 17.8 Å². The van der Waals surface area contributed by atoms with Gasteiger partial charge in [0.25, 0.3) is 0 Å². The van der Waals surface area contributed by atoms with Crippen molar-refractivity contribution in [3.05, 3.63) is 23.3 Å². The third kappa shape index (κ3) is 3.83. The number of hydrogen-bond acceptors (Lipinski definition) is 4. The second-order valence-corrected chi connectivity index (χ2v) is 7.66. The minimum Gasteiger partial charge on any atom is -0.359 e. The Balaban J connectivity index is 1.72. The summed E-state index contributed by atoms with van der Waals surface area (Å²) in [6.07, 6.45) is 6.35. The van der Waals surface area contributed by atoms with Crippen molar-refractivity contribution in [2.24, 2.45) is 17.8 Å². The number of nitrogens with one attached hydrogen (secondary N) is 1. The molecule has 2 amide bonds. The van der Waals surface area contributed by atoms with Crippen LogP contribution in [0.15, 0.2) is 6.20 Å². The lowest BCUT2D eigenvalue weighted by atomic mass is 9.78. The van der Waals surface area contributed by atoms with Crippen LogP contribution in [0.2, 0.25) is 0 Å². The van der Waals surface area contributed by atoms with E-state index in [4.69, 9.17) is 0 Å². The van der Waals surface area contributed by atoms with Crippen LogP contribution < -0.4 is 5.32 Å². The molecule has 2 heterocycles. The lowest BCUT2D eigenvalue weighted by molar-refractivity contribution is -0.144. The standard InChI is InChI=1S/C19H28N4O2/c1-12(2)8-17-21-9-13-10-23(11-16(13)22-17)19(25)15-7-5-4-6-14(15)18(24)20-3/h9,12,14-15H,4-8,10-11H2,1-3H3,(H,20,24)/t14-,15+/m1/s1. The molecule has 6 heteroatoms. The van der Waals surface area contributed by atoms with Crippen molar-refractivity contribution >= 4 is 11.8 Å². The molecule has 0 saturated heterocycles. The number of carbonyl (C=O) groups excluding carboxylic acids is 2. The Morgan fingerprint density at radius 2 is 1.96 bits per heavy atom. The van der Waals surface area contributed by atoms with E-state index in [0.717, 1.165) is 49.2 Å². The van der Waals surface area contributed by atoms with E-state index in [1.807, 2.05) is 11.1 Å². The van der Waals surface area contributed by atoms with E-state index in [-0.39, 0.29) is 23.7 Å². The fourth-order valence-electron chi connectivity index (χ4n) is 3.97. The summed E-state index contributed by atoms with van der Waals surface area (Å²) < 4.78 is 0. The highest BCUT2D eigenvalue weighted by molar-refractivity contribution is 5.88. The van der Waals surface area contributed by atoms with Crippen LogP contribution in [-0.2, 0) is 29.1 Å². The molecule has 25 heavy (non-hydrogen) atoms. The Morgan fingerprint density at radius 1 is 1.24 bits per heavy atom. The summed E-state index contributed by atoms with van der Waals surface area (Å²) >= 11 is 0. The van der Waals surface area contributed by atoms with E-state index in [1.54, 1.807) is 7.05 Å². The molecule has 1 fully saturated rings. The maximum atomic E-state index is 13.1. The number of rotatable bonds is 4. The second-order valence-electron chi connectivity index (χ2n) is 7.66. The summed E-state index contributed by atoms with van der Waals surface area (Å²) in [7, 11) is 1.65. The van der Waals surface area contributed by atoms with Gasteiger partial charge in [0.05, 0.1) is 12.2 Å². The Kier molecular flexibility index (Phi) is 5.35. The first-order chi connectivity index (χ1) is 12.0. The maximum absolute atomic E-state index is 13.1. The quantitative estimate of drug-likeness (QED) is 0.907.